The van der Waals surface area contributed by atoms with E-state index in [1.807, 2.05) is 0 Å². The molecular weight excluding hydrogens is 356 g/mol. The van der Waals surface area contributed by atoms with E-state index in [9.17, 15) is 9.13 Å². The molecule has 0 unspecified atom stereocenters. The molecule has 0 aromatic heterocycles. The molecular formula is H4O7P2Zr2. The fraction of sp³-hybridized carbons (Fsp3) is 0. The summed E-state index contributed by atoms with van der Waals surface area (Å²) < 4.78 is 22.2. The van der Waals surface area contributed by atoms with Gasteiger partial charge >= 0.3 is 15.6 Å². The van der Waals surface area contributed by atoms with E-state index >= 15 is 0 Å². The first-order valence-corrected chi connectivity index (χ1v) is 4.59. The van der Waals surface area contributed by atoms with E-state index in [0.717, 1.165) is 0 Å². The van der Waals surface area contributed by atoms with Crippen molar-refractivity contribution in [2.24, 2.45) is 0 Å². The van der Waals surface area contributed by atoms with E-state index < -0.39 is 15.6 Å². The predicted molar refractivity (Wildman–Crippen MR) is 25.2 cm³/mol. The quantitative estimate of drug-likeness (QED) is 0.475. The van der Waals surface area contributed by atoms with Crippen LogP contribution in [0.4, 0.5) is 0 Å². The zero-order valence-electron chi connectivity index (χ0n) is 4.91. The third-order valence-electron chi connectivity index (χ3n) is 0.213. The molecule has 0 bridgehead atoms. The second-order valence-electron chi connectivity index (χ2n) is 1.06. The van der Waals surface area contributed by atoms with Crippen LogP contribution in [0.2, 0.25) is 0 Å². The van der Waals surface area contributed by atoms with Crippen LogP contribution in [0.5, 0.6) is 0 Å². The fourth-order valence-corrected chi connectivity index (χ4v) is 1.25. The Labute approximate surface area is 100 Å². The molecule has 0 spiro atoms. The Bertz CT molecular complexity index is 155. The maximum Gasteiger partial charge on any atom is 0.478 e. The smallest absolute Gasteiger partial charge is 0.302 e. The minimum absolute atomic E-state index is 0. The summed E-state index contributed by atoms with van der Waals surface area (Å²) in [5.74, 6) is 0. The Morgan fingerprint density at radius 1 is 0.818 bits per heavy atom. The average molecular weight is 360 g/mol. The van der Waals surface area contributed by atoms with Gasteiger partial charge in [0.25, 0.3) is 0 Å². The summed E-state index contributed by atoms with van der Waals surface area (Å²) in [6.45, 7) is 0. The predicted octanol–water partition coefficient (Wildman–Crippen LogP) is -0.817. The molecule has 7 nitrogen and oxygen atoms in total. The van der Waals surface area contributed by atoms with Gasteiger partial charge in [0.05, 0.1) is 0 Å². The summed E-state index contributed by atoms with van der Waals surface area (Å²) in [6.07, 6.45) is 0. The van der Waals surface area contributed by atoms with Gasteiger partial charge in [0.15, 0.2) is 0 Å². The summed E-state index contributed by atoms with van der Waals surface area (Å²) in [6, 6.07) is 0. The van der Waals surface area contributed by atoms with Gasteiger partial charge in [-0.3, -0.25) is 0 Å². The zero-order valence-corrected chi connectivity index (χ0v) is 11.6. The van der Waals surface area contributed by atoms with Gasteiger partial charge in [-0.15, -0.1) is 0 Å². The first-order valence-electron chi connectivity index (χ1n) is 1.53. The SMILES string of the molecule is O=P(O)(O)OP(=O)(O)O.[Zr].[Zr]. The van der Waals surface area contributed by atoms with Crippen LogP contribution in [0.1, 0.15) is 0 Å². The van der Waals surface area contributed by atoms with E-state index in [-0.39, 0.29) is 52.4 Å². The molecule has 0 saturated carbocycles. The van der Waals surface area contributed by atoms with Crippen molar-refractivity contribution in [3.05, 3.63) is 0 Å². The van der Waals surface area contributed by atoms with Crippen LogP contribution in [0.3, 0.4) is 0 Å². The van der Waals surface area contributed by atoms with E-state index in [1.54, 1.807) is 0 Å². The Morgan fingerprint density at radius 3 is 1.00 bits per heavy atom. The molecule has 0 aromatic rings. The Hall–Kier alpha value is 2.03. The van der Waals surface area contributed by atoms with Crippen molar-refractivity contribution in [3.63, 3.8) is 0 Å². The standard InChI is InChI=1S/H4O7P2.2Zr/c1-8(2,3)7-9(4,5)6;;/h(H2,1,2,3)(H2,4,5,6);;. The average Bonchev–Trinajstić information content (AvgIpc) is 1.14. The number of hydrogen-bond acceptors (Lipinski definition) is 3. The molecule has 64 valence electrons. The van der Waals surface area contributed by atoms with E-state index in [1.165, 1.54) is 0 Å². The van der Waals surface area contributed by atoms with Crippen molar-refractivity contribution in [2.45, 2.75) is 0 Å². The van der Waals surface area contributed by atoms with Crippen LogP contribution >= 0.6 is 15.6 Å². The van der Waals surface area contributed by atoms with Gasteiger partial charge in [0.2, 0.25) is 0 Å². The van der Waals surface area contributed by atoms with Gasteiger partial charge in [0.1, 0.15) is 0 Å². The molecule has 0 aliphatic carbocycles. The van der Waals surface area contributed by atoms with Crippen LogP contribution in [-0.4, -0.2) is 19.6 Å². The monoisotopic (exact) mass is 358 g/mol. The second kappa shape index (κ2) is 6.48. The van der Waals surface area contributed by atoms with Crippen molar-refractivity contribution in [3.8, 4) is 0 Å². The summed E-state index contributed by atoms with van der Waals surface area (Å²) in [4.78, 5) is 31.0. The molecule has 0 radical (unpaired) electrons. The molecule has 0 aliphatic rings. The fourth-order valence-electron chi connectivity index (χ4n) is 0.139. The normalized spacial score (nSPS) is 11.3. The maximum atomic E-state index is 9.63. The third-order valence-corrected chi connectivity index (χ3v) is 1.91. The zero-order chi connectivity index (χ0) is 7.71. The summed E-state index contributed by atoms with van der Waals surface area (Å²) in [5.41, 5.74) is 0. The molecule has 11 heavy (non-hydrogen) atoms. The number of hydrogen-bond donors (Lipinski definition) is 4. The van der Waals surface area contributed by atoms with Crippen molar-refractivity contribution in [1.82, 2.24) is 0 Å². The first-order chi connectivity index (χ1) is 3.71. The van der Waals surface area contributed by atoms with Crippen molar-refractivity contribution in [1.29, 1.82) is 0 Å². The molecule has 11 heteroatoms. The molecule has 0 fully saturated rings. The molecule has 0 amide bonds. The molecule has 0 saturated heterocycles. The van der Waals surface area contributed by atoms with E-state index in [4.69, 9.17) is 19.6 Å². The first kappa shape index (κ1) is 18.7. The van der Waals surface area contributed by atoms with Crippen LogP contribution < -0.4 is 0 Å². The van der Waals surface area contributed by atoms with Gasteiger partial charge in [-0.1, -0.05) is 0 Å². The van der Waals surface area contributed by atoms with Crippen molar-refractivity contribution >= 4 is 15.6 Å². The van der Waals surface area contributed by atoms with Crippen molar-refractivity contribution in [2.75, 3.05) is 0 Å². The summed E-state index contributed by atoms with van der Waals surface area (Å²) >= 11 is 0. The summed E-state index contributed by atoms with van der Waals surface area (Å²) in [7, 11) is -10.1. The Balaban J connectivity index is -0.000000320. The molecule has 0 heterocycles. The number of rotatable bonds is 2. The maximum absolute atomic E-state index is 9.63. The van der Waals surface area contributed by atoms with Crippen LogP contribution in [-0.2, 0) is 65.8 Å². The number of phosphoric acid groups is 2. The summed E-state index contributed by atoms with van der Waals surface area (Å²) in [5, 5.41) is 0. The second-order valence-corrected chi connectivity index (χ2v) is 3.68. The van der Waals surface area contributed by atoms with Crippen LogP contribution in [0.25, 0.3) is 0 Å². The van der Waals surface area contributed by atoms with Crippen molar-refractivity contribution < 1.29 is 85.4 Å². The molecule has 0 atom stereocenters. The molecule has 0 aliphatic heterocycles. The van der Waals surface area contributed by atoms with E-state index in [0.29, 0.717) is 0 Å². The van der Waals surface area contributed by atoms with Gasteiger partial charge in [-0.25, -0.2) is 9.13 Å². The van der Waals surface area contributed by atoms with Crippen LogP contribution in [0.15, 0.2) is 0 Å². The third kappa shape index (κ3) is 18.8. The molecule has 4 N–H and O–H groups in total. The largest absolute Gasteiger partial charge is 0.478 e. The van der Waals surface area contributed by atoms with Crippen LogP contribution in [0, 0.1) is 0 Å². The molecule has 0 aromatic carbocycles. The van der Waals surface area contributed by atoms with E-state index in [2.05, 4.69) is 4.31 Å². The minimum atomic E-state index is -5.05. The Morgan fingerprint density at radius 2 is 1.00 bits per heavy atom. The topological polar surface area (TPSA) is 124 Å². The van der Waals surface area contributed by atoms with Gasteiger partial charge in [-0.2, -0.15) is 4.31 Å². The molecule has 0 rings (SSSR count). The van der Waals surface area contributed by atoms with Gasteiger partial charge in [0, 0.05) is 52.4 Å². The van der Waals surface area contributed by atoms with Gasteiger partial charge < -0.3 is 19.6 Å². The Kier molecular flexibility index (Phi) is 11.0. The van der Waals surface area contributed by atoms with Gasteiger partial charge in [-0.05, 0) is 0 Å². The minimum Gasteiger partial charge on any atom is -0.302 e.